The van der Waals surface area contributed by atoms with Crippen molar-refractivity contribution in [3.8, 4) is 0 Å². The average Bonchev–Trinajstić information content (AvgIpc) is 0.796. The first kappa shape index (κ1) is 70.0. The molecule has 3 heterocycles. The monoisotopic (exact) mass is 1300 g/mol. The van der Waals surface area contributed by atoms with E-state index in [1.54, 1.807) is 0 Å². The Kier molecular flexibility index (Phi) is 27.7. The zero-order valence-electron chi connectivity index (χ0n) is 53.4. The molecule has 0 saturated carbocycles. The van der Waals surface area contributed by atoms with Crippen molar-refractivity contribution in [2.24, 2.45) is 5.11 Å². The third-order valence-electron chi connectivity index (χ3n) is 16.2. The maximum atomic E-state index is 14.0. The van der Waals surface area contributed by atoms with Crippen LogP contribution in [0.1, 0.15) is 59.2 Å². The van der Waals surface area contributed by atoms with E-state index >= 15 is 0 Å². The van der Waals surface area contributed by atoms with Gasteiger partial charge < -0.3 is 76.7 Å². The third kappa shape index (κ3) is 21.4. The minimum atomic E-state index is -1.62. The molecule has 3 fully saturated rings. The fraction of sp³-hybridized carbons (Fsp3) is 0.405. The zero-order chi connectivity index (χ0) is 65.8. The molecule has 7 aromatic rings. The van der Waals surface area contributed by atoms with Crippen molar-refractivity contribution in [2.75, 3.05) is 33.0 Å². The second kappa shape index (κ2) is 37.5. The summed E-state index contributed by atoms with van der Waals surface area (Å²) in [5.41, 5.74) is 15.2. The van der Waals surface area contributed by atoms with E-state index in [2.05, 4.69) is 15.3 Å². The number of carbonyl (C=O) groups excluding carboxylic acids is 2. The van der Waals surface area contributed by atoms with Gasteiger partial charge >= 0.3 is 5.97 Å². The predicted octanol–water partition coefficient (Wildman–Crippen LogP) is 10.4. The molecule has 0 aliphatic carbocycles. The lowest BCUT2D eigenvalue weighted by atomic mass is 9.94. The standard InChI is InChI=1S/C74H84N4O17/c1-51(79)77-63-67(94-74-71(90-52(2)80)68(88-46-58-35-20-8-21-36-58)65(86-44-56-31-16-6-17-32-56)61(93-74)49-83-42-54-27-12-4-13-28-54)64(81)60(48-82-41-53-25-10-3-11-26-53)91-72(63)95-69-66(87-45-57-33-18-7-19-34-57)62(50-84-43-55-29-14-5-15-30-55)92-73(85-40-24-39-76-78-75)70(69)89-47-59-37-22-9-23-38-59/h3-23,25-38,60-74,81H,24,39-50H2,1-2H3,(H,77,79)/t60-,61-,62-,63-,64-,65+,66+,67-,68+,69+,70-,71-,72+,73-,74+/m1/s1. The molecule has 0 spiro atoms. The van der Waals surface area contributed by atoms with E-state index < -0.39 is 104 Å². The number of nitrogens with one attached hydrogen (secondary N) is 1. The Labute approximate surface area is 554 Å². The molecule has 21 heteroatoms. The summed E-state index contributed by atoms with van der Waals surface area (Å²) in [6.07, 6.45) is -17.1. The Hall–Kier alpha value is -7.77. The number of azide groups is 1. The minimum Gasteiger partial charge on any atom is -0.454 e. The number of nitrogens with zero attached hydrogens (tertiary/aromatic N) is 3. The first-order valence-electron chi connectivity index (χ1n) is 32.1. The van der Waals surface area contributed by atoms with Gasteiger partial charge in [-0.05, 0) is 50.9 Å². The molecule has 3 aliphatic rings. The highest BCUT2D eigenvalue weighted by Crippen LogP contribution is 2.38. The molecule has 0 radical (unpaired) electrons. The van der Waals surface area contributed by atoms with E-state index in [0.29, 0.717) is 6.42 Å². The molecule has 15 atom stereocenters. The Morgan fingerprint density at radius 1 is 0.432 bits per heavy atom. The van der Waals surface area contributed by atoms with E-state index in [9.17, 15) is 20.2 Å². The first-order valence-corrected chi connectivity index (χ1v) is 32.1. The summed E-state index contributed by atoms with van der Waals surface area (Å²) in [5.74, 6) is -1.24. The van der Waals surface area contributed by atoms with Crippen LogP contribution in [0, 0.1) is 0 Å². The highest BCUT2D eigenvalue weighted by atomic mass is 16.8. The van der Waals surface area contributed by atoms with Gasteiger partial charge in [-0.1, -0.05) is 217 Å². The lowest BCUT2D eigenvalue weighted by Gasteiger charge is -2.51. The normalized spacial score (nSPS) is 25.8. The number of aliphatic hydroxyl groups excluding tert-OH is 1. The largest absolute Gasteiger partial charge is 0.454 e. The lowest BCUT2D eigenvalue weighted by Crippen LogP contribution is -2.70. The number of aliphatic hydroxyl groups is 1. The molecular weight excluding hydrogens is 1220 g/mol. The Bertz CT molecular complexity index is 3370. The molecule has 3 aliphatic heterocycles. The second-order valence-corrected chi connectivity index (χ2v) is 23.3. The van der Waals surface area contributed by atoms with Gasteiger partial charge in [0, 0.05) is 31.9 Å². The molecule has 2 N–H and O–H groups in total. The van der Waals surface area contributed by atoms with E-state index in [1.165, 1.54) is 13.8 Å². The smallest absolute Gasteiger partial charge is 0.303 e. The molecule has 10 rings (SSSR count). The highest BCUT2D eigenvalue weighted by Gasteiger charge is 2.57. The van der Waals surface area contributed by atoms with Crippen molar-refractivity contribution in [1.29, 1.82) is 0 Å². The van der Waals surface area contributed by atoms with E-state index in [0.717, 1.165) is 38.9 Å². The number of hydrogen-bond donors (Lipinski definition) is 2. The van der Waals surface area contributed by atoms with Gasteiger partial charge in [0.2, 0.25) is 5.91 Å². The van der Waals surface area contributed by atoms with Gasteiger partial charge in [0.25, 0.3) is 0 Å². The van der Waals surface area contributed by atoms with Gasteiger partial charge in [0.1, 0.15) is 67.1 Å². The van der Waals surface area contributed by atoms with Crippen LogP contribution in [0.25, 0.3) is 10.4 Å². The van der Waals surface area contributed by atoms with Crippen LogP contribution < -0.4 is 5.32 Å². The molecule has 0 aromatic heterocycles. The highest BCUT2D eigenvalue weighted by molar-refractivity contribution is 5.73. The summed E-state index contributed by atoms with van der Waals surface area (Å²) in [5, 5.41) is 19.8. The summed E-state index contributed by atoms with van der Waals surface area (Å²) in [6.45, 7) is 3.31. The van der Waals surface area contributed by atoms with Crippen LogP contribution in [0.15, 0.2) is 217 Å². The quantitative estimate of drug-likeness (QED) is 0.0123. The molecule has 7 aromatic carbocycles. The van der Waals surface area contributed by atoms with Gasteiger partial charge in [0.15, 0.2) is 25.0 Å². The van der Waals surface area contributed by atoms with Gasteiger partial charge in [-0.15, -0.1) is 0 Å². The van der Waals surface area contributed by atoms with Crippen molar-refractivity contribution in [2.45, 2.75) is 159 Å². The number of carbonyl (C=O) groups is 2. The third-order valence-corrected chi connectivity index (χ3v) is 16.2. The molecular formula is C74H84N4O17. The van der Waals surface area contributed by atoms with Crippen molar-refractivity contribution in [3.05, 3.63) is 262 Å². The van der Waals surface area contributed by atoms with Crippen molar-refractivity contribution in [1.82, 2.24) is 5.32 Å². The van der Waals surface area contributed by atoms with Gasteiger partial charge in [-0.25, -0.2) is 0 Å². The Morgan fingerprint density at radius 3 is 1.20 bits per heavy atom. The summed E-state index contributed by atoms with van der Waals surface area (Å²) in [7, 11) is 0. The number of amides is 1. The van der Waals surface area contributed by atoms with E-state index in [1.807, 2.05) is 212 Å². The number of hydrogen-bond acceptors (Lipinski definition) is 18. The molecule has 3 saturated heterocycles. The van der Waals surface area contributed by atoms with Crippen LogP contribution in [0.5, 0.6) is 0 Å². The summed E-state index contributed by atoms with van der Waals surface area (Å²) >= 11 is 0. The number of rotatable bonds is 35. The topological polar surface area (TPSA) is 244 Å². The molecule has 0 unspecified atom stereocenters. The maximum Gasteiger partial charge on any atom is 0.303 e. The molecule has 95 heavy (non-hydrogen) atoms. The van der Waals surface area contributed by atoms with Gasteiger partial charge in [-0.3, -0.25) is 9.59 Å². The Morgan fingerprint density at radius 2 is 0.789 bits per heavy atom. The number of ether oxygens (including phenoxy) is 14. The van der Waals surface area contributed by atoms with Crippen LogP contribution >= 0.6 is 0 Å². The van der Waals surface area contributed by atoms with Crippen LogP contribution in [-0.4, -0.2) is 142 Å². The molecule has 0 bridgehead atoms. The van der Waals surface area contributed by atoms with E-state index in [4.69, 9.17) is 66.3 Å². The van der Waals surface area contributed by atoms with Crippen LogP contribution in [0.3, 0.4) is 0 Å². The molecule has 1 amide bonds. The van der Waals surface area contributed by atoms with E-state index in [-0.39, 0.29) is 79.2 Å². The average molecular weight is 1300 g/mol. The van der Waals surface area contributed by atoms with Gasteiger partial charge in [-0.2, -0.15) is 0 Å². The van der Waals surface area contributed by atoms with Crippen molar-refractivity contribution >= 4 is 11.9 Å². The fourth-order valence-corrected chi connectivity index (χ4v) is 11.6. The van der Waals surface area contributed by atoms with Crippen molar-refractivity contribution < 1.29 is 81.0 Å². The number of benzene rings is 7. The van der Waals surface area contributed by atoms with Crippen LogP contribution in [0.4, 0.5) is 0 Å². The SMILES string of the molecule is CC(=O)N[C@H]1[C@H](O[C@H]2[C@@H](OCc3ccccc3)[C@@H](COCc3ccccc3)O[C@@H](OCCCN=[N+]=[N-])[C@@H]2OCc2ccccc2)O[C@H](COCc2ccccc2)[C@@H](O)[C@@H]1O[C@@H]1O[C@H](COCc2ccccc2)[C@H](OCc2ccccc2)[C@H](OCc2ccccc2)[C@H]1OC(C)=O. The van der Waals surface area contributed by atoms with Crippen molar-refractivity contribution in [3.63, 3.8) is 0 Å². The second-order valence-electron chi connectivity index (χ2n) is 23.3. The predicted molar refractivity (Wildman–Crippen MR) is 348 cm³/mol. The minimum absolute atomic E-state index is 0.0321. The summed E-state index contributed by atoms with van der Waals surface area (Å²) < 4.78 is 95.7. The molecule has 21 nitrogen and oxygen atoms in total. The summed E-state index contributed by atoms with van der Waals surface area (Å²) in [4.78, 5) is 30.6. The maximum absolute atomic E-state index is 14.0. The Balaban J connectivity index is 1.06. The molecule has 502 valence electrons. The van der Waals surface area contributed by atoms with Crippen LogP contribution in [0.2, 0.25) is 0 Å². The summed E-state index contributed by atoms with van der Waals surface area (Å²) in [6, 6.07) is 65.7. The first-order chi connectivity index (χ1) is 46.6. The van der Waals surface area contributed by atoms with Crippen LogP contribution in [-0.2, 0) is 122 Å². The number of esters is 1. The lowest BCUT2D eigenvalue weighted by molar-refractivity contribution is -0.376. The van der Waals surface area contributed by atoms with Gasteiger partial charge in [0.05, 0.1) is 66.1 Å². The fourth-order valence-electron chi connectivity index (χ4n) is 11.6. The zero-order valence-corrected chi connectivity index (χ0v) is 53.4.